The Morgan fingerprint density at radius 2 is 1.75 bits per heavy atom. The van der Waals surface area contributed by atoms with E-state index >= 15 is 0 Å². The van der Waals surface area contributed by atoms with Crippen LogP contribution >= 0.6 is 0 Å². The summed E-state index contributed by atoms with van der Waals surface area (Å²) in [7, 11) is -1.97. The minimum atomic E-state index is -1.97. The fourth-order valence-electron chi connectivity index (χ4n) is 1.23. The standard InChI is InChI=1S/C14H17NSi/c1-16(2,3)13-9-10-14(15-11-13)12-7-5-4-6-8-12/h4-11H,1-3H3/i4D,5D,6D,9D,10D,11D. The van der Waals surface area contributed by atoms with Crippen LogP contribution in [0.2, 0.25) is 19.6 Å². The average Bonchev–Trinajstić information content (AvgIpc) is 2.38. The second kappa shape index (κ2) is 4.22. The molecule has 2 heteroatoms. The lowest BCUT2D eigenvalue weighted by Crippen LogP contribution is -2.37. The number of rotatable bonds is 2. The smallest absolute Gasteiger partial charge is 0.0839 e. The fraction of sp³-hybridized carbons (Fsp3) is 0.214. The summed E-state index contributed by atoms with van der Waals surface area (Å²) >= 11 is 0. The Balaban J connectivity index is 2.74. The molecule has 0 atom stereocenters. The molecule has 0 N–H and O–H groups in total. The van der Waals surface area contributed by atoms with E-state index in [-0.39, 0.29) is 42.1 Å². The van der Waals surface area contributed by atoms with E-state index in [1.807, 2.05) is 19.6 Å². The first kappa shape index (κ1) is 5.78. The van der Waals surface area contributed by atoms with Crippen molar-refractivity contribution in [2.45, 2.75) is 19.6 Å². The molecule has 0 aliphatic rings. The minimum Gasteiger partial charge on any atom is -0.256 e. The van der Waals surface area contributed by atoms with E-state index in [2.05, 4.69) is 4.98 Å². The lowest BCUT2D eigenvalue weighted by molar-refractivity contribution is 1.34. The summed E-state index contributed by atoms with van der Waals surface area (Å²) in [6.07, 6.45) is -0.0109. The number of aromatic nitrogens is 1. The number of nitrogens with zero attached hydrogens (tertiary/aromatic N) is 1. The van der Waals surface area contributed by atoms with Gasteiger partial charge < -0.3 is 0 Å². The van der Waals surface area contributed by atoms with Crippen LogP contribution in [0.5, 0.6) is 0 Å². The zero-order valence-electron chi connectivity index (χ0n) is 15.6. The molecule has 0 aliphatic carbocycles. The normalized spacial score (nSPS) is 16.7. The van der Waals surface area contributed by atoms with E-state index in [4.69, 9.17) is 8.22 Å². The highest BCUT2D eigenvalue weighted by Crippen LogP contribution is 2.15. The Hall–Kier alpha value is -1.41. The topological polar surface area (TPSA) is 12.9 Å². The fourth-order valence-corrected chi connectivity index (χ4v) is 2.06. The molecular weight excluding hydrogens is 210 g/mol. The molecule has 16 heavy (non-hydrogen) atoms. The molecule has 0 radical (unpaired) electrons. The van der Waals surface area contributed by atoms with Crippen LogP contribution in [0.4, 0.5) is 0 Å². The van der Waals surface area contributed by atoms with Crippen molar-refractivity contribution >= 4 is 13.3 Å². The first-order chi connectivity index (χ1) is 10.0. The zero-order chi connectivity index (χ0) is 16.8. The monoisotopic (exact) mass is 233 g/mol. The van der Waals surface area contributed by atoms with Crippen LogP contribution in [-0.2, 0) is 0 Å². The van der Waals surface area contributed by atoms with Crippen LogP contribution < -0.4 is 5.19 Å². The molecule has 0 aliphatic heterocycles. The molecule has 0 saturated heterocycles. The molecule has 0 saturated carbocycles. The van der Waals surface area contributed by atoms with Crippen LogP contribution in [0.15, 0.2) is 48.5 Å². The first-order valence-corrected chi connectivity index (χ1v) is 8.60. The van der Waals surface area contributed by atoms with Crippen molar-refractivity contribution in [2.24, 2.45) is 0 Å². The van der Waals surface area contributed by atoms with Gasteiger partial charge in [-0.2, -0.15) is 0 Å². The Morgan fingerprint density at radius 3 is 2.38 bits per heavy atom. The van der Waals surface area contributed by atoms with E-state index < -0.39 is 8.07 Å². The molecule has 2 aromatic rings. The lowest BCUT2D eigenvalue weighted by Gasteiger charge is -2.16. The highest BCUT2D eigenvalue weighted by atomic mass is 28.3. The SMILES string of the molecule is [2H]c1cc(-c2nc([2H])c([Si](C)(C)C)c([2H])c2[2H])cc([2H])c1[2H]. The van der Waals surface area contributed by atoms with Gasteiger partial charge in [0, 0.05) is 11.7 Å². The van der Waals surface area contributed by atoms with Crippen LogP contribution in [-0.4, -0.2) is 13.1 Å². The van der Waals surface area contributed by atoms with Gasteiger partial charge in [0.15, 0.2) is 0 Å². The number of benzene rings is 1. The van der Waals surface area contributed by atoms with Crippen LogP contribution in [0, 0.1) is 0 Å². The summed E-state index contributed by atoms with van der Waals surface area (Å²) in [5.74, 6) is 0. The lowest BCUT2D eigenvalue weighted by atomic mass is 10.1. The van der Waals surface area contributed by atoms with Crippen molar-refractivity contribution in [1.29, 1.82) is 0 Å². The Morgan fingerprint density at radius 1 is 1.06 bits per heavy atom. The van der Waals surface area contributed by atoms with Crippen molar-refractivity contribution in [1.82, 2.24) is 4.98 Å². The van der Waals surface area contributed by atoms with Crippen LogP contribution in [0.3, 0.4) is 0 Å². The third-order valence-electron chi connectivity index (χ3n) is 2.21. The second-order valence-electron chi connectivity index (χ2n) is 4.60. The summed E-state index contributed by atoms with van der Waals surface area (Å²) < 4.78 is 47.4. The summed E-state index contributed by atoms with van der Waals surface area (Å²) in [6, 6.07) is 2.17. The summed E-state index contributed by atoms with van der Waals surface area (Å²) in [5.41, 5.74) is 0.458. The Kier molecular flexibility index (Phi) is 1.52. The highest BCUT2D eigenvalue weighted by molar-refractivity contribution is 6.88. The van der Waals surface area contributed by atoms with Gasteiger partial charge in [-0.3, -0.25) is 4.98 Å². The molecule has 1 heterocycles. The van der Waals surface area contributed by atoms with Gasteiger partial charge in [-0.1, -0.05) is 55.9 Å². The molecule has 0 amide bonds. The van der Waals surface area contributed by atoms with Crippen LogP contribution in [0.1, 0.15) is 8.22 Å². The molecule has 1 aromatic carbocycles. The second-order valence-corrected chi connectivity index (χ2v) is 9.60. The van der Waals surface area contributed by atoms with Crippen molar-refractivity contribution in [3.05, 3.63) is 48.5 Å². The van der Waals surface area contributed by atoms with E-state index in [9.17, 15) is 0 Å². The number of pyridine rings is 1. The summed E-state index contributed by atoms with van der Waals surface area (Å²) in [4.78, 5) is 4.15. The first-order valence-electron chi connectivity index (χ1n) is 8.10. The van der Waals surface area contributed by atoms with Gasteiger partial charge in [-0.15, -0.1) is 0 Å². The molecule has 1 aromatic heterocycles. The van der Waals surface area contributed by atoms with Gasteiger partial charge in [-0.25, -0.2) is 0 Å². The predicted octanol–water partition coefficient (Wildman–Crippen LogP) is 3.29. The van der Waals surface area contributed by atoms with Crippen molar-refractivity contribution < 1.29 is 8.22 Å². The largest absolute Gasteiger partial charge is 0.256 e. The van der Waals surface area contributed by atoms with E-state index in [0.29, 0.717) is 10.8 Å². The van der Waals surface area contributed by atoms with Crippen molar-refractivity contribution in [3.8, 4) is 11.3 Å². The average molecular weight is 233 g/mol. The molecule has 82 valence electrons. The molecule has 0 bridgehead atoms. The van der Waals surface area contributed by atoms with E-state index in [1.165, 1.54) is 12.1 Å². The Bertz CT molecular complexity index is 731. The molecule has 2 rings (SSSR count). The van der Waals surface area contributed by atoms with E-state index in [0.717, 1.165) is 0 Å². The van der Waals surface area contributed by atoms with E-state index in [1.54, 1.807) is 0 Å². The predicted molar refractivity (Wildman–Crippen MR) is 72.7 cm³/mol. The van der Waals surface area contributed by atoms with Gasteiger partial charge in [0.25, 0.3) is 0 Å². The Labute approximate surface area is 107 Å². The van der Waals surface area contributed by atoms with Gasteiger partial charge in [0.05, 0.1) is 22.0 Å². The maximum Gasteiger partial charge on any atom is 0.0839 e. The zero-order valence-corrected chi connectivity index (χ0v) is 10.6. The van der Waals surface area contributed by atoms with Gasteiger partial charge in [0.1, 0.15) is 0 Å². The molecule has 0 fully saturated rings. The summed E-state index contributed by atoms with van der Waals surface area (Å²) in [6.45, 7) is 5.99. The highest BCUT2D eigenvalue weighted by Gasteiger charge is 2.16. The van der Waals surface area contributed by atoms with Crippen LogP contribution in [0.25, 0.3) is 11.3 Å². The van der Waals surface area contributed by atoms with Crippen molar-refractivity contribution in [2.75, 3.05) is 0 Å². The third kappa shape index (κ3) is 2.39. The van der Waals surface area contributed by atoms with Gasteiger partial charge >= 0.3 is 0 Å². The van der Waals surface area contributed by atoms with Gasteiger partial charge in [-0.05, 0) is 11.2 Å². The summed E-state index contributed by atoms with van der Waals surface area (Å²) in [5, 5.41) is 0.538. The quantitative estimate of drug-likeness (QED) is 0.725. The third-order valence-corrected chi connectivity index (χ3v) is 3.95. The maximum atomic E-state index is 8.19. The number of hydrogen-bond acceptors (Lipinski definition) is 1. The van der Waals surface area contributed by atoms with Gasteiger partial charge in [0.2, 0.25) is 0 Å². The number of hydrogen-bond donors (Lipinski definition) is 0. The molecule has 0 unspecified atom stereocenters. The minimum absolute atomic E-state index is 0.00202. The van der Waals surface area contributed by atoms with Crippen molar-refractivity contribution in [3.63, 3.8) is 0 Å². The molecule has 1 nitrogen and oxygen atoms in total. The molecular formula is C14H17NSi. The maximum absolute atomic E-state index is 8.19. The molecule has 0 spiro atoms.